The minimum atomic E-state index is -1.73. The molecule has 0 aliphatic rings. The average molecular weight is 556 g/mol. The fourth-order valence-corrected chi connectivity index (χ4v) is 0.605. The van der Waals surface area contributed by atoms with Gasteiger partial charge in [0, 0.05) is 0 Å². The van der Waals surface area contributed by atoms with Gasteiger partial charge < -0.3 is 40.9 Å². The second-order valence-corrected chi connectivity index (χ2v) is 3.37. The fraction of sp³-hybridized carbons (Fsp3) is 0.500. The Hall–Kier alpha value is -0.644. The zero-order chi connectivity index (χ0) is 16.6. The van der Waals surface area contributed by atoms with Crippen molar-refractivity contribution in [2.24, 2.45) is 0 Å². The van der Waals surface area contributed by atoms with Crippen LogP contribution in [0.1, 0.15) is 0 Å². The first kappa shape index (κ1) is 29.4. The van der Waals surface area contributed by atoms with Gasteiger partial charge in [-0.2, -0.15) is 0 Å². The molecule has 0 amide bonds. The van der Waals surface area contributed by atoms with Crippen molar-refractivity contribution in [3.63, 3.8) is 0 Å². The molecule has 0 heterocycles. The third-order valence-electron chi connectivity index (χ3n) is 1.80. The first-order valence-corrected chi connectivity index (χ1v) is 4.79. The zero-order valence-electron chi connectivity index (χ0n) is 11.1. The molecule has 4 unspecified atom stereocenters. The van der Waals surface area contributed by atoms with Gasteiger partial charge in [0.25, 0.3) is 0 Å². The van der Waals surface area contributed by atoms with Crippen LogP contribution in [0.15, 0.2) is 0 Å². The minimum absolute atomic E-state index is 0. The van der Waals surface area contributed by atoms with Crippen molar-refractivity contribution in [2.75, 3.05) is 0 Å². The van der Waals surface area contributed by atoms with Crippen LogP contribution < -0.4 is 0 Å². The van der Waals surface area contributed by atoms with Gasteiger partial charge in [-0.25, -0.2) is 0 Å². The van der Waals surface area contributed by atoms with Crippen LogP contribution in [0, 0.1) is 0 Å². The van der Waals surface area contributed by atoms with E-state index in [1.165, 1.54) is 0 Å². The van der Waals surface area contributed by atoms with Crippen molar-refractivity contribution in [2.45, 2.75) is 24.4 Å². The van der Waals surface area contributed by atoms with Gasteiger partial charge in [-0.1, -0.05) is 0 Å². The second-order valence-electron chi connectivity index (χ2n) is 3.37. The van der Waals surface area contributed by atoms with Crippen LogP contribution in [0.2, 0.25) is 0 Å². The normalized spacial score (nSPS) is 14.4. The van der Waals surface area contributed by atoms with Crippen molar-refractivity contribution in [1.29, 1.82) is 0 Å². The van der Waals surface area contributed by atoms with Crippen molar-refractivity contribution in [3.8, 4) is 0 Å². The summed E-state index contributed by atoms with van der Waals surface area (Å²) < 4.78 is 0. The molecule has 130 valence electrons. The summed E-state index contributed by atoms with van der Waals surface area (Å²) in [6.07, 6.45) is -6.93. The summed E-state index contributed by atoms with van der Waals surface area (Å²) in [6.45, 7) is 0. The van der Waals surface area contributed by atoms with Crippen LogP contribution in [-0.2, 0) is 19.2 Å². The molecule has 4 atom stereocenters. The number of carbonyl (C=O) groups is 4. The Morgan fingerprint density at radius 1 is 0.455 bits per heavy atom. The Morgan fingerprint density at radius 2 is 0.545 bits per heavy atom. The summed E-state index contributed by atoms with van der Waals surface area (Å²) >= 11 is 0. The van der Waals surface area contributed by atoms with Gasteiger partial charge in [0.2, 0.25) is 0 Å². The van der Waals surface area contributed by atoms with Crippen LogP contribution >= 0.6 is 0 Å². The molecule has 0 spiro atoms. The number of hydrogen-bond donors (Lipinski definition) is 0. The van der Waals surface area contributed by atoms with E-state index in [4.69, 9.17) is 40.9 Å². The van der Waals surface area contributed by atoms with Crippen LogP contribution in [0.25, 0.3) is 0 Å². The molecule has 2 radical (unpaired) electrons. The molecule has 0 rings (SSSR count). The molecule has 0 aromatic heterocycles. The Kier molecular flexibility index (Phi) is 18.7. The van der Waals surface area contributed by atoms with Crippen LogP contribution in [0.5, 0.6) is 0 Å². The Bertz CT molecular complexity index is 313. The van der Waals surface area contributed by atoms with E-state index >= 15 is 0 Å². The topological polar surface area (TPSA) is 251 Å². The summed E-state index contributed by atoms with van der Waals surface area (Å²) in [6, 6.07) is 0. The van der Waals surface area contributed by atoms with Gasteiger partial charge >= 0.3 is 97.1 Å². The molecule has 16 N–H and O–H groups in total. The first-order valence-electron chi connectivity index (χ1n) is 4.79. The molecular formula is C8H24O12Sb2+8. The summed E-state index contributed by atoms with van der Waals surface area (Å²) in [7, 11) is 0. The van der Waals surface area contributed by atoms with Crippen molar-refractivity contribution < 1.29 is 60.0 Å². The average Bonchev–Trinajstić information content (AvgIpc) is 2.35. The van der Waals surface area contributed by atoms with Crippen molar-refractivity contribution >= 4 is 72.7 Å². The standard InChI is InChI=1S/2C4H6O6.2Sb.4H/c2*5-1(3(7)8)2(6)4(9)10;;;;;;/h2*1-2,5-6H,(H,7,8)(H,9,10);;;;;;/p+8. The van der Waals surface area contributed by atoms with Gasteiger partial charge in [0.1, 0.15) is 0 Å². The van der Waals surface area contributed by atoms with E-state index < -0.39 is 48.3 Å². The maximum atomic E-state index is 10.0. The molecule has 0 fully saturated rings. The van der Waals surface area contributed by atoms with E-state index in [1.54, 1.807) is 0 Å². The Morgan fingerprint density at radius 3 is 0.591 bits per heavy atom. The van der Waals surface area contributed by atoms with Crippen LogP contribution in [0.3, 0.4) is 0 Å². The second kappa shape index (κ2) is 14.0. The molecule has 22 heavy (non-hydrogen) atoms. The van der Waals surface area contributed by atoms with Gasteiger partial charge in [-0.3, -0.25) is 0 Å². The van der Waals surface area contributed by atoms with Gasteiger partial charge in [0.15, 0.2) is 0 Å². The van der Waals surface area contributed by atoms with E-state index in [1.807, 2.05) is 0 Å². The SMILES string of the molecule is O=C([OH2+])C([OH2+])C([OH2+])C(=O)[OH2+].O=C([OH2+])C([OH2+])C([OH2+])C(=O)[OH2+].[SbH2].[SbH2]. The predicted octanol–water partition coefficient (Wildman–Crippen LogP) is -10.5. The predicted molar refractivity (Wildman–Crippen MR) is 81.2 cm³/mol. The zero-order valence-corrected chi connectivity index (χ0v) is 17.7. The molecule has 0 saturated carbocycles. The van der Waals surface area contributed by atoms with Crippen molar-refractivity contribution in [1.82, 2.24) is 0 Å². The summed E-state index contributed by atoms with van der Waals surface area (Å²) in [5.41, 5.74) is 0. The molecule has 0 aromatic rings. The molecule has 0 aliphatic carbocycles. The summed E-state index contributed by atoms with van der Waals surface area (Å²) in [5, 5.41) is 52.1. The molecule has 0 aliphatic heterocycles. The van der Waals surface area contributed by atoms with E-state index in [-0.39, 0.29) is 48.9 Å². The van der Waals surface area contributed by atoms with E-state index in [9.17, 15) is 19.2 Å². The monoisotopic (exact) mass is 554 g/mol. The quantitative estimate of drug-likeness (QED) is 0.228. The molecular weight excluding hydrogens is 532 g/mol. The van der Waals surface area contributed by atoms with Crippen molar-refractivity contribution in [3.05, 3.63) is 0 Å². The Balaban J connectivity index is -0.000000135. The number of rotatable bonds is 6. The van der Waals surface area contributed by atoms with E-state index in [2.05, 4.69) is 0 Å². The molecule has 14 heteroatoms. The molecule has 0 bridgehead atoms. The first-order chi connectivity index (χ1) is 8.93. The van der Waals surface area contributed by atoms with Gasteiger partial charge in [-0.05, 0) is 0 Å². The number of hydrogen-bond acceptors (Lipinski definition) is 4. The molecule has 0 aromatic carbocycles. The third-order valence-corrected chi connectivity index (χ3v) is 1.80. The third kappa shape index (κ3) is 12.0. The van der Waals surface area contributed by atoms with Gasteiger partial charge in [0.05, 0.1) is 19.2 Å². The van der Waals surface area contributed by atoms with Crippen LogP contribution in [0.4, 0.5) is 0 Å². The molecule has 12 nitrogen and oxygen atoms in total. The fourth-order valence-electron chi connectivity index (χ4n) is 0.605. The summed E-state index contributed by atoms with van der Waals surface area (Å²) in [5.74, 6) is -5.22. The maximum absolute atomic E-state index is 10.0. The van der Waals surface area contributed by atoms with E-state index in [0.29, 0.717) is 0 Å². The van der Waals surface area contributed by atoms with Gasteiger partial charge in [-0.15, -0.1) is 0 Å². The molecule has 0 saturated heterocycles. The number of carbonyl (C=O) groups excluding carboxylic acids is 4. The van der Waals surface area contributed by atoms with E-state index in [0.717, 1.165) is 0 Å². The summed E-state index contributed by atoms with van der Waals surface area (Å²) in [4.78, 5) is 40.1. The van der Waals surface area contributed by atoms with Crippen LogP contribution in [-0.4, -0.2) is 138 Å². The Labute approximate surface area is 156 Å².